The van der Waals surface area contributed by atoms with E-state index >= 15 is 0 Å². The molecule has 1 aromatic carbocycles. The van der Waals surface area contributed by atoms with Crippen LogP contribution in [0.1, 0.15) is 36.5 Å². The van der Waals surface area contributed by atoms with Gasteiger partial charge in [0, 0.05) is 24.0 Å². The van der Waals surface area contributed by atoms with E-state index in [0.717, 1.165) is 11.1 Å². The van der Waals surface area contributed by atoms with Crippen molar-refractivity contribution >= 4 is 11.7 Å². The van der Waals surface area contributed by atoms with Gasteiger partial charge in [-0.3, -0.25) is 10.2 Å². The van der Waals surface area contributed by atoms with E-state index < -0.39 is 11.8 Å². The second-order valence-electron chi connectivity index (χ2n) is 6.73. The van der Waals surface area contributed by atoms with Gasteiger partial charge in [0.2, 0.25) is 5.90 Å². The van der Waals surface area contributed by atoms with Gasteiger partial charge in [-0.25, -0.2) is 0 Å². The first kappa shape index (κ1) is 16.3. The molecule has 1 N–H and O–H groups in total. The summed E-state index contributed by atoms with van der Waals surface area (Å²) in [5.74, 6) is 0.173. The molecule has 1 aliphatic heterocycles. The van der Waals surface area contributed by atoms with Gasteiger partial charge in [-0.1, -0.05) is 29.8 Å². The maximum absolute atomic E-state index is 12.5. The summed E-state index contributed by atoms with van der Waals surface area (Å²) in [6, 6.07) is 13.7. The van der Waals surface area contributed by atoms with Gasteiger partial charge in [-0.2, -0.15) is 5.26 Å². The number of carbonyl (C=O) groups is 1. The molecule has 0 fully saturated rings. The van der Waals surface area contributed by atoms with Crippen LogP contribution < -0.4 is 0 Å². The van der Waals surface area contributed by atoms with Crippen LogP contribution in [0.25, 0.3) is 11.3 Å². The summed E-state index contributed by atoms with van der Waals surface area (Å²) in [7, 11) is 0. The smallest absolute Gasteiger partial charge is 0.205 e. The molecule has 2 unspecified atom stereocenters. The Kier molecular flexibility index (Phi) is 3.96. The van der Waals surface area contributed by atoms with Gasteiger partial charge in [0.05, 0.1) is 12.0 Å². The number of aryl methyl sites for hydroxylation is 1. The fraction of sp³-hybridized carbons (Fsp3) is 0.286. The molecule has 0 bridgehead atoms. The van der Waals surface area contributed by atoms with Crippen molar-refractivity contribution in [1.82, 2.24) is 0 Å². The van der Waals surface area contributed by atoms with Crippen LogP contribution in [-0.4, -0.2) is 11.7 Å². The van der Waals surface area contributed by atoms with Crippen molar-refractivity contribution in [3.63, 3.8) is 0 Å². The van der Waals surface area contributed by atoms with Crippen molar-refractivity contribution in [3.05, 3.63) is 59.1 Å². The van der Waals surface area contributed by atoms with E-state index in [1.165, 1.54) is 0 Å². The molecule has 1 aliphatic carbocycles. The lowest BCUT2D eigenvalue weighted by atomic mass is 9.76. The predicted octanol–water partition coefficient (Wildman–Crippen LogP) is 4.49. The Morgan fingerprint density at radius 2 is 1.92 bits per heavy atom. The standard InChI is InChI=1S/C21H18N2O3/c1-12-5-7-13(8-6-12)16-9-10-18(25-16)19-14(11-22)21(23)26-17-4-2-3-15(24)20(17)19/h5-10,14,19,23H,2-4H2,1H3. The molecule has 2 aromatic rings. The number of furan rings is 1. The Morgan fingerprint density at radius 3 is 2.65 bits per heavy atom. The van der Waals surface area contributed by atoms with E-state index in [9.17, 15) is 10.1 Å². The van der Waals surface area contributed by atoms with Crippen LogP contribution in [0.15, 0.2) is 52.1 Å². The van der Waals surface area contributed by atoms with Crippen LogP contribution in [0.5, 0.6) is 0 Å². The molecular weight excluding hydrogens is 328 g/mol. The molecule has 2 aliphatic rings. The molecular formula is C21H18N2O3. The monoisotopic (exact) mass is 346 g/mol. The third kappa shape index (κ3) is 2.64. The number of hydrogen-bond acceptors (Lipinski definition) is 5. The maximum Gasteiger partial charge on any atom is 0.205 e. The van der Waals surface area contributed by atoms with Gasteiger partial charge in [-0.05, 0) is 25.5 Å². The maximum atomic E-state index is 12.5. The van der Waals surface area contributed by atoms with Crippen molar-refractivity contribution in [2.24, 2.45) is 5.92 Å². The second kappa shape index (κ2) is 6.30. The Morgan fingerprint density at radius 1 is 1.15 bits per heavy atom. The summed E-state index contributed by atoms with van der Waals surface area (Å²) >= 11 is 0. The summed E-state index contributed by atoms with van der Waals surface area (Å²) in [5, 5.41) is 17.7. The van der Waals surface area contributed by atoms with E-state index in [1.54, 1.807) is 6.07 Å². The van der Waals surface area contributed by atoms with E-state index in [2.05, 4.69) is 6.07 Å². The predicted molar refractivity (Wildman–Crippen MR) is 95.4 cm³/mol. The topological polar surface area (TPSA) is 87.1 Å². The Balaban J connectivity index is 1.79. The Hall–Kier alpha value is -3.13. The molecule has 0 spiro atoms. The van der Waals surface area contributed by atoms with Crippen molar-refractivity contribution in [3.8, 4) is 17.4 Å². The molecule has 130 valence electrons. The van der Waals surface area contributed by atoms with Gasteiger partial charge >= 0.3 is 0 Å². The zero-order valence-corrected chi connectivity index (χ0v) is 14.4. The number of benzene rings is 1. The van der Waals surface area contributed by atoms with Gasteiger partial charge in [0.15, 0.2) is 5.78 Å². The lowest BCUT2D eigenvalue weighted by Crippen LogP contribution is -2.34. The van der Waals surface area contributed by atoms with E-state index in [0.29, 0.717) is 42.1 Å². The minimum atomic E-state index is -0.854. The fourth-order valence-corrected chi connectivity index (χ4v) is 3.63. The summed E-state index contributed by atoms with van der Waals surface area (Å²) in [5.41, 5.74) is 2.59. The summed E-state index contributed by atoms with van der Waals surface area (Å²) in [6.45, 7) is 2.02. The molecule has 5 heteroatoms. The number of nitrogens with one attached hydrogen (secondary N) is 1. The zero-order chi connectivity index (χ0) is 18.3. The van der Waals surface area contributed by atoms with Crippen LogP contribution >= 0.6 is 0 Å². The van der Waals surface area contributed by atoms with Crippen LogP contribution in [0.2, 0.25) is 0 Å². The van der Waals surface area contributed by atoms with Gasteiger partial charge in [-0.15, -0.1) is 0 Å². The highest BCUT2D eigenvalue weighted by Crippen LogP contribution is 2.44. The number of Topliss-reactive ketones (excluding diaryl/α,β-unsaturated/α-hetero) is 1. The average Bonchev–Trinajstić information content (AvgIpc) is 3.11. The number of carbonyl (C=O) groups excluding carboxylic acids is 1. The zero-order valence-electron chi connectivity index (χ0n) is 14.4. The van der Waals surface area contributed by atoms with E-state index in [-0.39, 0.29) is 11.7 Å². The number of ether oxygens (including phenoxy) is 1. The molecule has 2 atom stereocenters. The molecule has 5 nitrogen and oxygen atoms in total. The molecule has 26 heavy (non-hydrogen) atoms. The molecule has 1 aromatic heterocycles. The third-order valence-electron chi connectivity index (χ3n) is 4.98. The lowest BCUT2D eigenvalue weighted by Gasteiger charge is -2.32. The molecule has 4 rings (SSSR count). The molecule has 0 saturated heterocycles. The van der Waals surface area contributed by atoms with Crippen molar-refractivity contribution in [2.75, 3.05) is 0 Å². The van der Waals surface area contributed by atoms with E-state index in [4.69, 9.17) is 14.6 Å². The minimum absolute atomic E-state index is 0.0164. The van der Waals surface area contributed by atoms with Crippen molar-refractivity contribution < 1.29 is 13.9 Å². The second-order valence-corrected chi connectivity index (χ2v) is 6.73. The largest absolute Gasteiger partial charge is 0.460 e. The van der Waals surface area contributed by atoms with Crippen LogP contribution in [0.3, 0.4) is 0 Å². The Labute approximate surface area is 151 Å². The quantitative estimate of drug-likeness (QED) is 0.867. The highest BCUT2D eigenvalue weighted by Gasteiger charge is 2.44. The molecule has 2 heterocycles. The number of allylic oxidation sites excluding steroid dienone is 2. The third-order valence-corrected chi connectivity index (χ3v) is 4.98. The molecule has 0 radical (unpaired) electrons. The van der Waals surface area contributed by atoms with Crippen molar-refractivity contribution in [1.29, 1.82) is 10.7 Å². The molecule has 0 saturated carbocycles. The summed E-state index contributed by atoms with van der Waals surface area (Å²) in [4.78, 5) is 12.5. The SMILES string of the molecule is Cc1ccc(-c2ccc(C3C4=C(CCCC4=O)OC(=N)C3C#N)o2)cc1. The highest BCUT2D eigenvalue weighted by molar-refractivity contribution is 6.01. The first-order chi connectivity index (χ1) is 12.6. The highest BCUT2D eigenvalue weighted by atomic mass is 16.5. The van der Waals surface area contributed by atoms with Crippen LogP contribution in [0, 0.1) is 29.6 Å². The fourth-order valence-electron chi connectivity index (χ4n) is 3.63. The minimum Gasteiger partial charge on any atom is -0.460 e. The number of nitrogens with zero attached hydrogens (tertiary/aromatic N) is 1. The van der Waals surface area contributed by atoms with Crippen LogP contribution in [0.4, 0.5) is 0 Å². The van der Waals surface area contributed by atoms with Gasteiger partial charge in [0.25, 0.3) is 0 Å². The van der Waals surface area contributed by atoms with Crippen LogP contribution in [-0.2, 0) is 9.53 Å². The Bertz CT molecular complexity index is 960. The number of ketones is 1. The average molecular weight is 346 g/mol. The normalized spacial score (nSPS) is 22.6. The number of hydrogen-bond donors (Lipinski definition) is 1. The van der Waals surface area contributed by atoms with E-state index in [1.807, 2.05) is 37.3 Å². The summed E-state index contributed by atoms with van der Waals surface area (Å²) < 4.78 is 11.5. The first-order valence-corrected chi connectivity index (χ1v) is 8.67. The van der Waals surface area contributed by atoms with Crippen molar-refractivity contribution in [2.45, 2.75) is 32.1 Å². The number of nitriles is 1. The summed E-state index contributed by atoms with van der Waals surface area (Å²) in [6.07, 6.45) is 1.76. The molecule has 0 amide bonds. The van der Waals surface area contributed by atoms with Gasteiger partial charge in [0.1, 0.15) is 23.2 Å². The first-order valence-electron chi connectivity index (χ1n) is 8.67. The van der Waals surface area contributed by atoms with Gasteiger partial charge < -0.3 is 9.15 Å². The number of rotatable bonds is 2. The lowest BCUT2D eigenvalue weighted by molar-refractivity contribution is -0.116.